The molecule has 0 fully saturated rings. The monoisotopic (exact) mass is 288 g/mol. The Morgan fingerprint density at radius 3 is 2.76 bits per heavy atom. The maximum absolute atomic E-state index is 12.0. The molecule has 0 aliphatic heterocycles. The molecule has 2 aromatic rings. The van der Waals surface area contributed by atoms with Crippen molar-refractivity contribution in [1.82, 2.24) is 24.7 Å². The highest BCUT2D eigenvalue weighted by Gasteiger charge is 2.14. The maximum atomic E-state index is 12.0. The van der Waals surface area contributed by atoms with Gasteiger partial charge < -0.3 is 0 Å². The Morgan fingerprint density at radius 2 is 2.14 bits per heavy atom. The van der Waals surface area contributed by atoms with E-state index in [1.165, 1.54) is 0 Å². The number of amides is 1. The molecule has 0 saturated carbocycles. The molecule has 0 bridgehead atoms. The number of carbonyl (C=O) groups is 1. The lowest BCUT2D eigenvalue weighted by Gasteiger charge is -2.04. The summed E-state index contributed by atoms with van der Waals surface area (Å²) in [5.74, 6) is 1.73. The summed E-state index contributed by atoms with van der Waals surface area (Å²) >= 11 is 0. The first-order valence-electron chi connectivity index (χ1n) is 7.01. The van der Waals surface area contributed by atoms with Crippen LogP contribution in [0.2, 0.25) is 0 Å². The minimum Gasteiger partial charge on any atom is -0.294 e. The molecule has 0 atom stereocenters. The van der Waals surface area contributed by atoms with Crippen molar-refractivity contribution in [3.05, 3.63) is 29.6 Å². The SMILES string of the molecule is CCc1ccnc(NC(=O)Cc2nc(C(C)C)nn2C)n1. The van der Waals surface area contributed by atoms with Gasteiger partial charge in [-0.2, -0.15) is 5.10 Å². The summed E-state index contributed by atoms with van der Waals surface area (Å²) in [5, 5.41) is 6.98. The van der Waals surface area contributed by atoms with Crippen LogP contribution in [0.4, 0.5) is 5.95 Å². The Labute approximate surface area is 123 Å². The van der Waals surface area contributed by atoms with Crippen LogP contribution in [0.25, 0.3) is 0 Å². The van der Waals surface area contributed by atoms with Gasteiger partial charge in [0.1, 0.15) is 5.82 Å². The fraction of sp³-hybridized carbons (Fsp3) is 0.500. The summed E-state index contributed by atoms with van der Waals surface area (Å²) in [6.07, 6.45) is 2.59. The third-order valence-corrected chi connectivity index (χ3v) is 3.03. The molecule has 0 aliphatic rings. The predicted molar refractivity (Wildman–Crippen MR) is 78.8 cm³/mol. The van der Waals surface area contributed by atoms with E-state index < -0.39 is 0 Å². The van der Waals surface area contributed by atoms with Crippen molar-refractivity contribution in [3.8, 4) is 0 Å². The average molecular weight is 288 g/mol. The lowest BCUT2D eigenvalue weighted by atomic mass is 10.2. The number of carbonyl (C=O) groups excluding carboxylic acids is 1. The van der Waals surface area contributed by atoms with Crippen LogP contribution in [0.1, 0.15) is 44.0 Å². The fourth-order valence-corrected chi connectivity index (χ4v) is 1.80. The molecule has 0 spiro atoms. The Morgan fingerprint density at radius 1 is 1.38 bits per heavy atom. The smallest absolute Gasteiger partial charge is 0.234 e. The van der Waals surface area contributed by atoms with Crippen molar-refractivity contribution in [2.24, 2.45) is 7.05 Å². The largest absolute Gasteiger partial charge is 0.294 e. The van der Waals surface area contributed by atoms with Gasteiger partial charge in [0.05, 0.1) is 6.42 Å². The first-order valence-corrected chi connectivity index (χ1v) is 7.01. The standard InChI is InChI=1S/C14H20N6O/c1-5-10-6-7-15-14(16-10)18-12(21)8-11-17-13(9(2)3)19-20(11)4/h6-7,9H,5,8H2,1-4H3,(H,15,16,18,21). The summed E-state index contributed by atoms with van der Waals surface area (Å²) in [6, 6.07) is 1.83. The van der Waals surface area contributed by atoms with E-state index in [4.69, 9.17) is 0 Å². The van der Waals surface area contributed by atoms with E-state index in [9.17, 15) is 4.79 Å². The second-order valence-corrected chi connectivity index (χ2v) is 5.11. The number of anilines is 1. The van der Waals surface area contributed by atoms with Crippen molar-refractivity contribution in [2.45, 2.75) is 39.5 Å². The summed E-state index contributed by atoms with van der Waals surface area (Å²) in [7, 11) is 1.79. The van der Waals surface area contributed by atoms with E-state index in [0.717, 1.165) is 17.9 Å². The van der Waals surface area contributed by atoms with Crippen LogP contribution >= 0.6 is 0 Å². The molecule has 0 aromatic carbocycles. The minimum atomic E-state index is -0.200. The van der Waals surface area contributed by atoms with Gasteiger partial charge >= 0.3 is 0 Å². The normalized spacial score (nSPS) is 10.9. The molecule has 7 nitrogen and oxygen atoms in total. The average Bonchev–Trinajstić information content (AvgIpc) is 2.80. The zero-order valence-electron chi connectivity index (χ0n) is 12.8. The van der Waals surface area contributed by atoms with Crippen molar-refractivity contribution in [1.29, 1.82) is 0 Å². The highest BCUT2D eigenvalue weighted by atomic mass is 16.1. The number of hydrogen-bond acceptors (Lipinski definition) is 5. The molecule has 0 unspecified atom stereocenters. The fourth-order valence-electron chi connectivity index (χ4n) is 1.80. The number of aryl methyl sites for hydroxylation is 2. The quantitative estimate of drug-likeness (QED) is 0.900. The molecular weight excluding hydrogens is 268 g/mol. The zero-order chi connectivity index (χ0) is 15.4. The van der Waals surface area contributed by atoms with Gasteiger partial charge in [-0.1, -0.05) is 20.8 Å². The van der Waals surface area contributed by atoms with Gasteiger partial charge in [-0.15, -0.1) is 0 Å². The second-order valence-electron chi connectivity index (χ2n) is 5.11. The Kier molecular flexibility index (Phi) is 4.62. The van der Waals surface area contributed by atoms with Crippen LogP contribution in [0.15, 0.2) is 12.3 Å². The van der Waals surface area contributed by atoms with Crippen LogP contribution in [0.5, 0.6) is 0 Å². The van der Waals surface area contributed by atoms with E-state index >= 15 is 0 Å². The van der Waals surface area contributed by atoms with Gasteiger partial charge in [-0.25, -0.2) is 15.0 Å². The molecular formula is C14H20N6O. The van der Waals surface area contributed by atoms with Crippen LogP contribution in [0, 0.1) is 0 Å². The Hall–Kier alpha value is -2.31. The molecule has 112 valence electrons. The Balaban J connectivity index is 2.04. The zero-order valence-corrected chi connectivity index (χ0v) is 12.8. The third kappa shape index (κ3) is 3.84. The predicted octanol–water partition coefficient (Wildman–Crippen LogP) is 1.47. The minimum absolute atomic E-state index is 0.149. The van der Waals surface area contributed by atoms with Crippen molar-refractivity contribution in [3.63, 3.8) is 0 Å². The number of hydrogen-bond donors (Lipinski definition) is 1. The van der Waals surface area contributed by atoms with Gasteiger partial charge in [-0.05, 0) is 12.5 Å². The van der Waals surface area contributed by atoms with E-state index in [2.05, 4.69) is 25.4 Å². The summed E-state index contributed by atoms with van der Waals surface area (Å²) in [6.45, 7) is 6.04. The molecule has 2 heterocycles. The first-order chi connectivity index (χ1) is 9.99. The van der Waals surface area contributed by atoms with E-state index in [-0.39, 0.29) is 18.2 Å². The molecule has 1 amide bonds. The van der Waals surface area contributed by atoms with E-state index in [1.807, 2.05) is 26.8 Å². The van der Waals surface area contributed by atoms with Gasteiger partial charge in [-0.3, -0.25) is 14.8 Å². The van der Waals surface area contributed by atoms with Crippen LogP contribution in [0.3, 0.4) is 0 Å². The molecule has 0 radical (unpaired) electrons. The van der Waals surface area contributed by atoms with E-state index in [0.29, 0.717) is 11.8 Å². The number of aromatic nitrogens is 5. The van der Waals surface area contributed by atoms with Gasteiger partial charge in [0, 0.05) is 24.9 Å². The van der Waals surface area contributed by atoms with Crippen molar-refractivity contribution >= 4 is 11.9 Å². The van der Waals surface area contributed by atoms with Crippen LogP contribution < -0.4 is 5.32 Å². The Bertz CT molecular complexity index is 634. The topological polar surface area (TPSA) is 85.6 Å². The highest BCUT2D eigenvalue weighted by molar-refractivity contribution is 5.90. The number of rotatable bonds is 5. The van der Waals surface area contributed by atoms with Gasteiger partial charge in [0.25, 0.3) is 0 Å². The molecule has 0 saturated heterocycles. The molecule has 0 aliphatic carbocycles. The summed E-state index contributed by atoms with van der Waals surface area (Å²) in [4.78, 5) is 24.7. The third-order valence-electron chi connectivity index (χ3n) is 3.03. The van der Waals surface area contributed by atoms with Crippen molar-refractivity contribution in [2.75, 3.05) is 5.32 Å². The molecule has 21 heavy (non-hydrogen) atoms. The number of nitrogens with one attached hydrogen (secondary N) is 1. The lowest BCUT2D eigenvalue weighted by molar-refractivity contribution is -0.115. The molecule has 2 aromatic heterocycles. The second kappa shape index (κ2) is 6.43. The first kappa shape index (κ1) is 15.1. The van der Waals surface area contributed by atoms with Crippen LogP contribution in [-0.4, -0.2) is 30.6 Å². The summed E-state index contributed by atoms with van der Waals surface area (Å²) in [5.41, 5.74) is 0.890. The molecule has 1 N–H and O–H groups in total. The highest BCUT2D eigenvalue weighted by Crippen LogP contribution is 2.10. The number of nitrogens with zero attached hydrogens (tertiary/aromatic N) is 5. The lowest BCUT2D eigenvalue weighted by Crippen LogP contribution is -2.18. The maximum Gasteiger partial charge on any atom is 0.234 e. The van der Waals surface area contributed by atoms with Gasteiger partial charge in [0.15, 0.2) is 5.82 Å². The molecule has 2 rings (SSSR count). The van der Waals surface area contributed by atoms with Crippen molar-refractivity contribution < 1.29 is 4.79 Å². The van der Waals surface area contributed by atoms with E-state index in [1.54, 1.807) is 17.9 Å². The molecule has 7 heteroatoms. The van der Waals surface area contributed by atoms with Gasteiger partial charge in [0.2, 0.25) is 11.9 Å². The van der Waals surface area contributed by atoms with Crippen LogP contribution in [-0.2, 0) is 24.7 Å². The summed E-state index contributed by atoms with van der Waals surface area (Å²) < 4.78 is 1.64.